The third kappa shape index (κ3) is 3.23. The first-order valence-corrected chi connectivity index (χ1v) is 9.26. The SMILES string of the molecule is Cc1ccc(C2CN(C(=O)CCc3n[nH]c4c3CCCC4)CC2N)o1. The van der Waals surface area contributed by atoms with Crippen molar-refractivity contribution >= 4 is 5.91 Å². The summed E-state index contributed by atoms with van der Waals surface area (Å²) in [5.74, 6) is 2.03. The van der Waals surface area contributed by atoms with E-state index in [9.17, 15) is 4.79 Å². The number of aromatic amines is 1. The summed E-state index contributed by atoms with van der Waals surface area (Å²) in [6, 6.07) is 3.87. The van der Waals surface area contributed by atoms with Crippen LogP contribution in [0.15, 0.2) is 16.5 Å². The Bertz CT molecular complexity index is 763. The minimum Gasteiger partial charge on any atom is -0.466 e. The fraction of sp³-hybridized carbons (Fsp3) is 0.579. The third-order valence-electron chi connectivity index (χ3n) is 5.56. The average Bonchev–Trinajstić information content (AvgIpc) is 3.31. The molecule has 1 saturated heterocycles. The summed E-state index contributed by atoms with van der Waals surface area (Å²) < 4.78 is 5.71. The van der Waals surface area contributed by atoms with Gasteiger partial charge in [0.2, 0.25) is 5.91 Å². The number of H-pyrrole nitrogens is 1. The lowest BCUT2D eigenvalue weighted by Crippen LogP contribution is -2.32. The van der Waals surface area contributed by atoms with Crippen LogP contribution >= 0.6 is 0 Å². The van der Waals surface area contributed by atoms with E-state index in [0.29, 0.717) is 25.9 Å². The quantitative estimate of drug-likeness (QED) is 0.890. The van der Waals surface area contributed by atoms with Crippen molar-refractivity contribution in [1.29, 1.82) is 0 Å². The van der Waals surface area contributed by atoms with Crippen molar-refractivity contribution in [3.63, 3.8) is 0 Å². The zero-order valence-corrected chi connectivity index (χ0v) is 14.8. The molecule has 0 spiro atoms. The zero-order valence-electron chi connectivity index (χ0n) is 14.8. The molecule has 0 saturated carbocycles. The first-order chi connectivity index (χ1) is 12.1. The number of rotatable bonds is 4. The second-order valence-electron chi connectivity index (χ2n) is 7.35. The van der Waals surface area contributed by atoms with Crippen molar-refractivity contribution < 1.29 is 9.21 Å². The molecule has 1 aliphatic heterocycles. The van der Waals surface area contributed by atoms with Crippen molar-refractivity contribution in [1.82, 2.24) is 15.1 Å². The van der Waals surface area contributed by atoms with Gasteiger partial charge in [0, 0.05) is 37.7 Å². The van der Waals surface area contributed by atoms with E-state index in [1.807, 2.05) is 24.0 Å². The summed E-state index contributed by atoms with van der Waals surface area (Å²) in [4.78, 5) is 14.5. The molecule has 6 nitrogen and oxygen atoms in total. The molecule has 25 heavy (non-hydrogen) atoms. The Labute approximate surface area is 147 Å². The Kier molecular flexibility index (Phi) is 4.37. The van der Waals surface area contributed by atoms with E-state index in [1.165, 1.54) is 24.1 Å². The van der Waals surface area contributed by atoms with Crippen LogP contribution in [-0.4, -0.2) is 40.1 Å². The largest absolute Gasteiger partial charge is 0.466 e. The van der Waals surface area contributed by atoms with Crippen LogP contribution in [0.25, 0.3) is 0 Å². The number of carbonyl (C=O) groups excluding carboxylic acids is 1. The average molecular weight is 342 g/mol. The lowest BCUT2D eigenvalue weighted by atomic mass is 9.94. The number of nitrogens with two attached hydrogens (primary N) is 1. The highest BCUT2D eigenvalue weighted by Gasteiger charge is 2.35. The smallest absolute Gasteiger partial charge is 0.223 e. The van der Waals surface area contributed by atoms with Gasteiger partial charge in [0.25, 0.3) is 0 Å². The molecular weight excluding hydrogens is 316 g/mol. The first-order valence-electron chi connectivity index (χ1n) is 9.26. The molecular formula is C19H26N4O2. The summed E-state index contributed by atoms with van der Waals surface area (Å²) in [5.41, 5.74) is 9.95. The van der Waals surface area contributed by atoms with Gasteiger partial charge in [-0.25, -0.2) is 0 Å². The van der Waals surface area contributed by atoms with Crippen LogP contribution in [0.3, 0.4) is 0 Å². The maximum Gasteiger partial charge on any atom is 0.223 e. The molecule has 1 fully saturated rings. The number of hydrogen-bond acceptors (Lipinski definition) is 4. The Balaban J connectivity index is 1.36. The molecule has 1 amide bonds. The van der Waals surface area contributed by atoms with Gasteiger partial charge in [-0.2, -0.15) is 5.10 Å². The molecule has 0 radical (unpaired) electrons. The Morgan fingerprint density at radius 1 is 1.36 bits per heavy atom. The Morgan fingerprint density at radius 3 is 3.00 bits per heavy atom. The summed E-state index contributed by atoms with van der Waals surface area (Å²) in [6.07, 6.45) is 5.83. The fourth-order valence-electron chi connectivity index (χ4n) is 4.13. The maximum atomic E-state index is 12.6. The van der Waals surface area contributed by atoms with Crippen molar-refractivity contribution in [2.24, 2.45) is 5.73 Å². The second-order valence-corrected chi connectivity index (χ2v) is 7.35. The van der Waals surface area contributed by atoms with Crippen LogP contribution in [0.1, 0.15) is 53.7 Å². The standard InChI is InChI=1S/C19H26N4O2/c1-12-6-8-18(25-12)14-10-23(11-15(14)20)19(24)9-7-17-13-4-2-3-5-16(13)21-22-17/h6,8,14-15H,2-5,7,9-11,20H2,1H3,(H,21,22). The minimum atomic E-state index is -0.0624. The number of hydrogen-bond donors (Lipinski definition) is 2. The highest BCUT2D eigenvalue weighted by atomic mass is 16.3. The molecule has 1 aliphatic carbocycles. The molecule has 4 rings (SSSR count). The van der Waals surface area contributed by atoms with E-state index < -0.39 is 0 Å². The van der Waals surface area contributed by atoms with Gasteiger partial charge in [0.05, 0.1) is 11.6 Å². The molecule has 2 aromatic rings. The minimum absolute atomic E-state index is 0.0624. The third-order valence-corrected chi connectivity index (χ3v) is 5.56. The van der Waals surface area contributed by atoms with Crippen LogP contribution in [-0.2, 0) is 24.1 Å². The molecule has 6 heteroatoms. The molecule has 134 valence electrons. The van der Waals surface area contributed by atoms with Crippen molar-refractivity contribution in [2.45, 2.75) is 57.4 Å². The van der Waals surface area contributed by atoms with Gasteiger partial charge in [0.1, 0.15) is 11.5 Å². The molecule has 2 unspecified atom stereocenters. The van der Waals surface area contributed by atoms with E-state index in [1.54, 1.807) is 0 Å². The number of aromatic nitrogens is 2. The molecule has 3 heterocycles. The number of aryl methyl sites for hydroxylation is 3. The predicted octanol–water partition coefficient (Wildman–Crippen LogP) is 2.08. The number of fused-ring (bicyclic) bond motifs is 1. The van der Waals surface area contributed by atoms with Crippen molar-refractivity contribution in [2.75, 3.05) is 13.1 Å². The lowest BCUT2D eigenvalue weighted by molar-refractivity contribution is -0.130. The van der Waals surface area contributed by atoms with Crippen molar-refractivity contribution in [3.8, 4) is 0 Å². The number of likely N-dealkylation sites (tertiary alicyclic amines) is 1. The van der Waals surface area contributed by atoms with Crippen LogP contribution in [0, 0.1) is 6.92 Å². The maximum absolute atomic E-state index is 12.6. The lowest BCUT2D eigenvalue weighted by Gasteiger charge is -2.16. The fourth-order valence-corrected chi connectivity index (χ4v) is 4.13. The van der Waals surface area contributed by atoms with Gasteiger partial charge in [-0.05, 0) is 50.3 Å². The molecule has 0 bridgehead atoms. The van der Waals surface area contributed by atoms with E-state index in [0.717, 1.165) is 30.1 Å². The normalized spacial score (nSPS) is 23.0. The highest BCUT2D eigenvalue weighted by molar-refractivity contribution is 5.77. The van der Waals surface area contributed by atoms with Gasteiger partial charge in [-0.3, -0.25) is 9.89 Å². The molecule has 2 aromatic heterocycles. The molecule has 2 atom stereocenters. The van der Waals surface area contributed by atoms with E-state index in [4.69, 9.17) is 10.2 Å². The summed E-state index contributed by atoms with van der Waals surface area (Å²) >= 11 is 0. The number of nitrogens with one attached hydrogen (secondary N) is 1. The van der Waals surface area contributed by atoms with Crippen molar-refractivity contribution in [3.05, 3.63) is 40.6 Å². The Hall–Kier alpha value is -2.08. The van der Waals surface area contributed by atoms with Gasteiger partial charge < -0.3 is 15.1 Å². The zero-order chi connectivity index (χ0) is 17.4. The van der Waals surface area contributed by atoms with Crippen LogP contribution in [0.5, 0.6) is 0 Å². The van der Waals surface area contributed by atoms with E-state index in [2.05, 4.69) is 10.2 Å². The molecule has 2 aliphatic rings. The van der Waals surface area contributed by atoms with E-state index >= 15 is 0 Å². The molecule has 0 aromatic carbocycles. The summed E-state index contributed by atoms with van der Waals surface area (Å²) in [5, 5.41) is 7.59. The monoisotopic (exact) mass is 342 g/mol. The summed E-state index contributed by atoms with van der Waals surface area (Å²) in [6.45, 7) is 3.17. The number of nitrogens with zero attached hydrogens (tertiary/aromatic N) is 2. The van der Waals surface area contributed by atoms with Gasteiger partial charge in [0.15, 0.2) is 0 Å². The highest BCUT2D eigenvalue weighted by Crippen LogP contribution is 2.29. The van der Waals surface area contributed by atoms with Gasteiger partial charge in [-0.1, -0.05) is 0 Å². The van der Waals surface area contributed by atoms with Crippen LogP contribution in [0.4, 0.5) is 0 Å². The first kappa shape index (κ1) is 16.4. The summed E-state index contributed by atoms with van der Waals surface area (Å²) in [7, 11) is 0. The van der Waals surface area contributed by atoms with Crippen LogP contribution in [0.2, 0.25) is 0 Å². The van der Waals surface area contributed by atoms with E-state index in [-0.39, 0.29) is 17.9 Å². The van der Waals surface area contributed by atoms with Gasteiger partial charge in [-0.15, -0.1) is 0 Å². The Morgan fingerprint density at radius 2 is 2.20 bits per heavy atom. The number of furan rings is 1. The topological polar surface area (TPSA) is 88.2 Å². The second kappa shape index (κ2) is 6.67. The van der Waals surface area contributed by atoms with Gasteiger partial charge >= 0.3 is 0 Å². The van der Waals surface area contributed by atoms with Crippen LogP contribution < -0.4 is 5.73 Å². The number of carbonyl (C=O) groups is 1. The molecule has 3 N–H and O–H groups in total. The predicted molar refractivity (Wildman–Crippen MR) is 94.3 cm³/mol. The number of amides is 1.